The van der Waals surface area contributed by atoms with Crippen molar-refractivity contribution in [3.05, 3.63) is 29.2 Å². The molecule has 0 aromatic carbocycles. The number of aromatic nitrogens is 4. The van der Waals surface area contributed by atoms with Gasteiger partial charge in [0, 0.05) is 50.2 Å². The molecule has 26 heavy (non-hydrogen) atoms. The largest absolute Gasteiger partial charge is 0.396 e. The monoisotopic (exact) mass is 359 g/mol. The summed E-state index contributed by atoms with van der Waals surface area (Å²) < 4.78 is 7.30. The van der Waals surface area contributed by atoms with E-state index in [1.807, 2.05) is 24.6 Å². The molecule has 8 heteroatoms. The van der Waals surface area contributed by atoms with Gasteiger partial charge in [0.2, 0.25) is 11.8 Å². The Kier molecular flexibility index (Phi) is 4.52. The first-order valence-corrected chi connectivity index (χ1v) is 9.28. The molecule has 2 fully saturated rings. The van der Waals surface area contributed by atoms with Gasteiger partial charge in [-0.25, -0.2) is 0 Å². The third-order valence-corrected chi connectivity index (χ3v) is 5.39. The molecule has 2 aromatic rings. The van der Waals surface area contributed by atoms with Crippen molar-refractivity contribution in [3.8, 4) is 0 Å². The first-order chi connectivity index (χ1) is 12.5. The molecule has 4 rings (SSSR count). The number of nitrogens with zero attached hydrogens (tertiary/aromatic N) is 5. The maximum Gasteiger partial charge on any atom is 0.231 e. The average molecular weight is 359 g/mol. The van der Waals surface area contributed by atoms with Gasteiger partial charge in [-0.3, -0.25) is 9.48 Å². The number of rotatable bonds is 6. The first kappa shape index (κ1) is 17.2. The molecule has 0 spiro atoms. The lowest BCUT2D eigenvalue weighted by molar-refractivity contribution is -0.130. The number of hydrogen-bond acceptors (Lipinski definition) is 6. The molecule has 1 aliphatic heterocycles. The number of amides is 1. The number of aliphatic hydroxyl groups excluding tert-OH is 1. The Morgan fingerprint density at radius 1 is 1.35 bits per heavy atom. The van der Waals surface area contributed by atoms with E-state index in [9.17, 15) is 9.90 Å². The molecule has 1 aliphatic carbocycles. The Balaban J connectivity index is 1.39. The van der Waals surface area contributed by atoms with E-state index >= 15 is 0 Å². The fourth-order valence-corrected chi connectivity index (χ4v) is 3.71. The molecule has 0 bridgehead atoms. The van der Waals surface area contributed by atoms with Crippen LogP contribution in [0, 0.1) is 19.8 Å². The van der Waals surface area contributed by atoms with E-state index in [1.165, 1.54) is 0 Å². The minimum Gasteiger partial charge on any atom is -0.396 e. The van der Waals surface area contributed by atoms with E-state index in [0.29, 0.717) is 37.9 Å². The van der Waals surface area contributed by atoms with Crippen LogP contribution in [0.25, 0.3) is 0 Å². The molecule has 1 saturated heterocycles. The molecule has 1 amide bonds. The minimum atomic E-state index is -0.0855. The summed E-state index contributed by atoms with van der Waals surface area (Å²) in [6.45, 7) is 5.56. The summed E-state index contributed by atoms with van der Waals surface area (Å²) in [5, 5.41) is 18.2. The number of likely N-dealkylation sites (tertiary alicyclic amines) is 1. The zero-order valence-electron chi connectivity index (χ0n) is 15.3. The van der Waals surface area contributed by atoms with E-state index in [2.05, 4.69) is 15.2 Å². The van der Waals surface area contributed by atoms with Crippen molar-refractivity contribution >= 4 is 5.91 Å². The van der Waals surface area contributed by atoms with E-state index in [4.69, 9.17) is 4.52 Å². The molecule has 2 aromatic heterocycles. The second-order valence-electron chi connectivity index (χ2n) is 7.51. The number of aryl methyl sites for hydroxylation is 3. The van der Waals surface area contributed by atoms with Crippen LogP contribution in [0.5, 0.6) is 0 Å². The van der Waals surface area contributed by atoms with Gasteiger partial charge < -0.3 is 14.5 Å². The van der Waals surface area contributed by atoms with E-state index in [0.717, 1.165) is 30.1 Å². The standard InChI is InChI=1S/C18H25N5O3/c1-11-7-12(2)23(20-11)6-5-16(25)22-8-14(10-24)15(9-22)18-19-17(21-26-18)13-3-4-13/h7,13-15,24H,3-6,8-10H2,1-2H3/t14-,15+/m0/s1. The number of hydrogen-bond donors (Lipinski definition) is 1. The van der Waals surface area contributed by atoms with E-state index in [-0.39, 0.29) is 24.3 Å². The van der Waals surface area contributed by atoms with E-state index in [1.54, 1.807) is 4.90 Å². The summed E-state index contributed by atoms with van der Waals surface area (Å²) in [5.74, 6) is 1.68. The fourth-order valence-electron chi connectivity index (χ4n) is 3.71. The Morgan fingerprint density at radius 2 is 2.15 bits per heavy atom. The molecular formula is C18H25N5O3. The average Bonchev–Trinajstić information content (AvgIpc) is 3.06. The maximum atomic E-state index is 12.6. The lowest BCUT2D eigenvalue weighted by atomic mass is 9.97. The number of carbonyl (C=O) groups excluding carboxylic acids is 1. The highest BCUT2D eigenvalue weighted by molar-refractivity contribution is 5.76. The van der Waals surface area contributed by atoms with Crippen LogP contribution in [0.1, 0.15) is 54.2 Å². The van der Waals surface area contributed by atoms with Crippen molar-refractivity contribution in [2.75, 3.05) is 19.7 Å². The van der Waals surface area contributed by atoms with Crippen LogP contribution in [0.15, 0.2) is 10.6 Å². The smallest absolute Gasteiger partial charge is 0.231 e. The molecular weight excluding hydrogens is 334 g/mol. The first-order valence-electron chi connectivity index (χ1n) is 9.28. The summed E-state index contributed by atoms with van der Waals surface area (Å²) in [6, 6.07) is 2.01. The molecule has 2 atom stereocenters. The second-order valence-corrected chi connectivity index (χ2v) is 7.51. The summed E-state index contributed by atoms with van der Waals surface area (Å²) in [4.78, 5) is 19.0. The Bertz CT molecular complexity index is 795. The highest BCUT2D eigenvalue weighted by Gasteiger charge is 2.40. The molecule has 0 unspecified atom stereocenters. The summed E-state index contributed by atoms with van der Waals surface area (Å²) in [7, 11) is 0. The fraction of sp³-hybridized carbons (Fsp3) is 0.667. The summed E-state index contributed by atoms with van der Waals surface area (Å²) in [6.07, 6.45) is 2.62. The van der Waals surface area contributed by atoms with Gasteiger partial charge in [0.05, 0.1) is 11.6 Å². The Hall–Kier alpha value is -2.22. The van der Waals surface area contributed by atoms with Crippen molar-refractivity contribution in [1.29, 1.82) is 0 Å². The number of aliphatic hydroxyl groups is 1. The van der Waals surface area contributed by atoms with Crippen LogP contribution in [0.4, 0.5) is 0 Å². The second kappa shape index (κ2) is 6.83. The summed E-state index contributed by atoms with van der Waals surface area (Å²) in [5.41, 5.74) is 2.01. The normalized spacial score (nSPS) is 23.0. The Labute approximate surface area is 152 Å². The van der Waals surface area contributed by atoms with Crippen LogP contribution in [0.2, 0.25) is 0 Å². The SMILES string of the molecule is Cc1cc(C)n(CCC(=O)N2C[C@@H](CO)[C@H](c3nc(C4CC4)no3)C2)n1. The van der Waals surface area contributed by atoms with Crippen molar-refractivity contribution < 1.29 is 14.4 Å². The van der Waals surface area contributed by atoms with Crippen LogP contribution in [0.3, 0.4) is 0 Å². The van der Waals surface area contributed by atoms with Crippen molar-refractivity contribution in [1.82, 2.24) is 24.8 Å². The lowest BCUT2D eigenvalue weighted by Crippen LogP contribution is -2.30. The lowest BCUT2D eigenvalue weighted by Gasteiger charge is -2.16. The van der Waals surface area contributed by atoms with Crippen molar-refractivity contribution in [2.24, 2.45) is 5.92 Å². The highest BCUT2D eigenvalue weighted by atomic mass is 16.5. The van der Waals surface area contributed by atoms with Gasteiger partial charge in [-0.2, -0.15) is 10.1 Å². The molecule has 1 N–H and O–H groups in total. The molecule has 2 aliphatic rings. The van der Waals surface area contributed by atoms with Crippen LogP contribution < -0.4 is 0 Å². The van der Waals surface area contributed by atoms with Gasteiger partial charge in [-0.15, -0.1) is 0 Å². The van der Waals surface area contributed by atoms with Crippen LogP contribution >= 0.6 is 0 Å². The van der Waals surface area contributed by atoms with Gasteiger partial charge >= 0.3 is 0 Å². The maximum absolute atomic E-state index is 12.6. The van der Waals surface area contributed by atoms with Gasteiger partial charge in [-0.1, -0.05) is 5.16 Å². The summed E-state index contributed by atoms with van der Waals surface area (Å²) >= 11 is 0. The third kappa shape index (κ3) is 3.38. The molecule has 0 radical (unpaired) electrons. The van der Waals surface area contributed by atoms with Gasteiger partial charge in [0.25, 0.3) is 0 Å². The Morgan fingerprint density at radius 3 is 2.81 bits per heavy atom. The molecule has 140 valence electrons. The van der Waals surface area contributed by atoms with Crippen LogP contribution in [-0.4, -0.2) is 55.5 Å². The molecule has 1 saturated carbocycles. The predicted octanol–water partition coefficient (Wildman–Crippen LogP) is 1.38. The highest BCUT2D eigenvalue weighted by Crippen LogP contribution is 2.39. The number of carbonyl (C=O) groups is 1. The molecule has 8 nitrogen and oxygen atoms in total. The quantitative estimate of drug-likeness (QED) is 0.837. The van der Waals surface area contributed by atoms with Crippen LogP contribution in [-0.2, 0) is 11.3 Å². The zero-order chi connectivity index (χ0) is 18.3. The third-order valence-electron chi connectivity index (χ3n) is 5.39. The zero-order valence-corrected chi connectivity index (χ0v) is 15.3. The molecule has 3 heterocycles. The van der Waals surface area contributed by atoms with Gasteiger partial charge in [0.15, 0.2) is 5.82 Å². The van der Waals surface area contributed by atoms with Gasteiger partial charge in [0.1, 0.15) is 0 Å². The predicted molar refractivity (Wildman–Crippen MR) is 92.5 cm³/mol. The van der Waals surface area contributed by atoms with Crippen molar-refractivity contribution in [3.63, 3.8) is 0 Å². The van der Waals surface area contributed by atoms with Crippen molar-refractivity contribution in [2.45, 2.75) is 51.5 Å². The van der Waals surface area contributed by atoms with Gasteiger partial charge in [-0.05, 0) is 32.8 Å². The minimum absolute atomic E-state index is 0.00699. The van der Waals surface area contributed by atoms with E-state index < -0.39 is 0 Å². The topological polar surface area (TPSA) is 97.3 Å².